The first-order chi connectivity index (χ1) is 31.7. The standard InChI is InChI=1S/C61H37N3/c1-3-13-38(14-4-1)43-20-8-24-48(34-43)60-62-59(42-15-5-2-6-16-42)63-61(64-60)49-25-9-22-45(35-49)44-21-7-23-46(33-44)50-36-47-32-31-41-18-11-27-52-51-26-10-17-39-29-30-40-19-12-28-53(57(40)55(39)51)54(37-50)58(47)56(41)52/h1-37H. The summed E-state index contributed by atoms with van der Waals surface area (Å²) < 4.78 is 0. The first kappa shape index (κ1) is 36.2. The van der Waals surface area contributed by atoms with Crippen LogP contribution >= 0.6 is 0 Å². The lowest BCUT2D eigenvalue weighted by Gasteiger charge is -2.17. The third kappa shape index (κ3) is 5.94. The molecule has 1 aromatic heterocycles. The van der Waals surface area contributed by atoms with Crippen molar-refractivity contribution in [3.8, 4) is 67.5 Å². The van der Waals surface area contributed by atoms with Crippen LogP contribution in [0.25, 0.3) is 132 Å². The van der Waals surface area contributed by atoms with E-state index in [-0.39, 0.29) is 0 Å². The van der Waals surface area contributed by atoms with Crippen LogP contribution < -0.4 is 0 Å². The molecule has 64 heavy (non-hydrogen) atoms. The molecule has 0 N–H and O–H groups in total. The summed E-state index contributed by atoms with van der Waals surface area (Å²) in [7, 11) is 0. The van der Waals surface area contributed by atoms with Gasteiger partial charge >= 0.3 is 0 Å². The smallest absolute Gasteiger partial charge is 0.164 e. The zero-order valence-corrected chi connectivity index (χ0v) is 34.7. The van der Waals surface area contributed by atoms with E-state index in [2.05, 4.69) is 200 Å². The van der Waals surface area contributed by atoms with Gasteiger partial charge in [0.1, 0.15) is 0 Å². The number of fused-ring (bicyclic) bond motifs is 2. The highest BCUT2D eigenvalue weighted by atomic mass is 15.0. The summed E-state index contributed by atoms with van der Waals surface area (Å²) in [5.41, 5.74) is 9.63. The van der Waals surface area contributed by atoms with E-state index in [4.69, 9.17) is 15.0 Å². The van der Waals surface area contributed by atoms with Gasteiger partial charge in [-0.2, -0.15) is 0 Å². The van der Waals surface area contributed by atoms with E-state index in [9.17, 15) is 0 Å². The summed E-state index contributed by atoms with van der Waals surface area (Å²) in [4.78, 5) is 15.3. The van der Waals surface area contributed by atoms with E-state index < -0.39 is 0 Å². The molecule has 13 aromatic rings. The van der Waals surface area contributed by atoms with Gasteiger partial charge in [0.15, 0.2) is 17.5 Å². The normalized spacial score (nSPS) is 11.8. The topological polar surface area (TPSA) is 38.7 Å². The van der Waals surface area contributed by atoms with Crippen LogP contribution in [0.3, 0.4) is 0 Å². The molecular formula is C61H37N3. The third-order valence-corrected chi connectivity index (χ3v) is 13.0. The van der Waals surface area contributed by atoms with Gasteiger partial charge in [-0.25, -0.2) is 15.0 Å². The summed E-state index contributed by atoms with van der Waals surface area (Å²) in [6.45, 7) is 0. The molecule has 0 fully saturated rings. The maximum absolute atomic E-state index is 5.14. The molecule has 296 valence electrons. The Morgan fingerprint density at radius 3 is 1.05 bits per heavy atom. The number of rotatable bonds is 6. The Morgan fingerprint density at radius 2 is 0.531 bits per heavy atom. The van der Waals surface area contributed by atoms with Crippen LogP contribution in [0.1, 0.15) is 0 Å². The molecule has 0 atom stereocenters. The van der Waals surface area contributed by atoms with Crippen molar-refractivity contribution in [3.05, 3.63) is 224 Å². The van der Waals surface area contributed by atoms with Crippen LogP contribution in [-0.4, -0.2) is 15.0 Å². The van der Waals surface area contributed by atoms with Crippen molar-refractivity contribution in [2.75, 3.05) is 0 Å². The number of aromatic nitrogens is 3. The fraction of sp³-hybridized carbons (Fsp3) is 0. The average molecular weight is 812 g/mol. The van der Waals surface area contributed by atoms with Gasteiger partial charge in [0.25, 0.3) is 0 Å². The number of hydrogen-bond donors (Lipinski definition) is 0. The lowest BCUT2D eigenvalue weighted by molar-refractivity contribution is 1.07. The molecule has 13 rings (SSSR count). The van der Waals surface area contributed by atoms with Gasteiger partial charge in [-0.3, -0.25) is 0 Å². The molecule has 0 saturated heterocycles. The molecule has 0 unspecified atom stereocenters. The fourth-order valence-corrected chi connectivity index (χ4v) is 9.99. The van der Waals surface area contributed by atoms with Crippen LogP contribution in [0.2, 0.25) is 0 Å². The van der Waals surface area contributed by atoms with Gasteiger partial charge in [0.2, 0.25) is 0 Å². The zero-order chi connectivity index (χ0) is 42.1. The van der Waals surface area contributed by atoms with Gasteiger partial charge in [-0.15, -0.1) is 0 Å². The summed E-state index contributed by atoms with van der Waals surface area (Å²) in [5.74, 6) is 1.90. The van der Waals surface area contributed by atoms with Crippen molar-refractivity contribution in [1.29, 1.82) is 0 Å². The summed E-state index contributed by atoms with van der Waals surface area (Å²) in [6.07, 6.45) is 0. The zero-order valence-electron chi connectivity index (χ0n) is 34.7. The first-order valence-electron chi connectivity index (χ1n) is 21.8. The molecule has 0 radical (unpaired) electrons. The van der Waals surface area contributed by atoms with Gasteiger partial charge in [0, 0.05) is 16.7 Å². The van der Waals surface area contributed by atoms with Crippen molar-refractivity contribution in [2.45, 2.75) is 0 Å². The maximum Gasteiger partial charge on any atom is 0.164 e. The molecule has 0 bridgehead atoms. The third-order valence-electron chi connectivity index (χ3n) is 13.0. The molecule has 0 aliphatic heterocycles. The highest BCUT2D eigenvalue weighted by Crippen LogP contribution is 2.45. The fourth-order valence-electron chi connectivity index (χ4n) is 9.99. The summed E-state index contributed by atoms with van der Waals surface area (Å²) in [6, 6.07) is 80.8. The molecular weight excluding hydrogens is 775 g/mol. The van der Waals surface area contributed by atoms with E-state index in [1.54, 1.807) is 0 Å². The van der Waals surface area contributed by atoms with Crippen LogP contribution in [0, 0.1) is 0 Å². The van der Waals surface area contributed by atoms with Crippen LogP contribution in [0.4, 0.5) is 0 Å². The van der Waals surface area contributed by atoms with Gasteiger partial charge in [0.05, 0.1) is 0 Å². The number of nitrogens with zero attached hydrogens (tertiary/aromatic N) is 3. The van der Waals surface area contributed by atoms with Gasteiger partial charge in [-0.1, -0.05) is 194 Å². The molecule has 1 heterocycles. The van der Waals surface area contributed by atoms with E-state index in [1.165, 1.54) is 70.2 Å². The SMILES string of the molecule is c1ccc(-c2cccc(-c3nc(-c4ccccc4)nc(-c4cccc(-c5cccc(-c6cc7ccc8cccc9c%10cccc%11ccc%12cccc(c(c6)c7c89)c%12c%11%10)c5)c4)n3)c2)cc1. The maximum atomic E-state index is 5.14. The van der Waals surface area contributed by atoms with Crippen molar-refractivity contribution >= 4 is 64.6 Å². The molecule has 0 saturated carbocycles. The Hall–Kier alpha value is -8.53. The minimum atomic E-state index is 0.630. The highest BCUT2D eigenvalue weighted by molar-refractivity contribution is 6.37. The van der Waals surface area contributed by atoms with Crippen molar-refractivity contribution in [3.63, 3.8) is 0 Å². The van der Waals surface area contributed by atoms with E-state index in [0.29, 0.717) is 17.5 Å². The Labute approximate surface area is 370 Å². The summed E-state index contributed by atoms with van der Waals surface area (Å²) in [5, 5.41) is 15.4. The second kappa shape index (κ2) is 14.5. The Bertz CT molecular complexity index is 3940. The van der Waals surface area contributed by atoms with E-state index in [1.807, 2.05) is 24.3 Å². The van der Waals surface area contributed by atoms with Crippen molar-refractivity contribution in [2.24, 2.45) is 0 Å². The highest BCUT2D eigenvalue weighted by Gasteiger charge is 2.18. The second-order valence-corrected chi connectivity index (χ2v) is 16.7. The molecule has 0 aliphatic carbocycles. The predicted molar refractivity (Wildman–Crippen MR) is 269 cm³/mol. The average Bonchev–Trinajstić information content (AvgIpc) is 3.37. The molecule has 0 amide bonds. The minimum absolute atomic E-state index is 0.630. The lowest BCUT2D eigenvalue weighted by Crippen LogP contribution is -2.00. The largest absolute Gasteiger partial charge is 0.208 e. The lowest BCUT2D eigenvalue weighted by atomic mass is 9.86. The molecule has 12 aromatic carbocycles. The van der Waals surface area contributed by atoms with E-state index >= 15 is 0 Å². The minimum Gasteiger partial charge on any atom is -0.208 e. The van der Waals surface area contributed by atoms with Gasteiger partial charge < -0.3 is 0 Å². The first-order valence-corrected chi connectivity index (χ1v) is 21.8. The Morgan fingerprint density at radius 1 is 0.188 bits per heavy atom. The predicted octanol–water partition coefficient (Wildman–Crippen LogP) is 16.2. The Balaban J connectivity index is 0.966. The molecule has 0 aliphatic rings. The van der Waals surface area contributed by atoms with Crippen molar-refractivity contribution < 1.29 is 0 Å². The molecule has 0 spiro atoms. The van der Waals surface area contributed by atoms with Crippen LogP contribution in [0.5, 0.6) is 0 Å². The number of hydrogen-bond acceptors (Lipinski definition) is 3. The second-order valence-electron chi connectivity index (χ2n) is 16.7. The quantitative estimate of drug-likeness (QED) is 0.157. The Kier molecular flexibility index (Phi) is 8.22. The van der Waals surface area contributed by atoms with Crippen LogP contribution in [-0.2, 0) is 0 Å². The van der Waals surface area contributed by atoms with E-state index in [0.717, 1.165) is 44.5 Å². The molecule has 3 nitrogen and oxygen atoms in total. The molecule has 3 heteroatoms. The summed E-state index contributed by atoms with van der Waals surface area (Å²) >= 11 is 0. The monoisotopic (exact) mass is 811 g/mol. The van der Waals surface area contributed by atoms with Crippen molar-refractivity contribution in [1.82, 2.24) is 15.0 Å². The van der Waals surface area contributed by atoms with Gasteiger partial charge in [-0.05, 0) is 128 Å². The number of benzene rings is 11. The van der Waals surface area contributed by atoms with Crippen LogP contribution in [0.15, 0.2) is 224 Å².